The second kappa shape index (κ2) is 9.98. The Kier molecular flexibility index (Phi) is 7.14. The lowest BCUT2D eigenvalue weighted by Crippen LogP contribution is -2.32. The van der Waals surface area contributed by atoms with Gasteiger partial charge in [-0.1, -0.05) is 48.5 Å². The third-order valence-corrected chi connectivity index (χ3v) is 4.97. The van der Waals surface area contributed by atoms with Gasteiger partial charge < -0.3 is 10.1 Å². The number of nitrogens with one attached hydrogen (secondary N) is 1. The topological polar surface area (TPSA) is 73.2 Å². The third-order valence-electron chi connectivity index (χ3n) is 4.97. The number of para-hydroxylation sites is 1. The van der Waals surface area contributed by atoms with E-state index in [2.05, 4.69) is 10.4 Å². The second-order valence-electron chi connectivity index (χ2n) is 7.16. The smallest absolute Gasteiger partial charge is 0.292 e. The zero-order valence-electron chi connectivity index (χ0n) is 17.6. The first-order valence-corrected chi connectivity index (χ1v) is 10.1. The molecule has 0 radical (unpaired) electrons. The monoisotopic (exact) mass is 405 g/mol. The summed E-state index contributed by atoms with van der Waals surface area (Å²) in [5.41, 5.74) is 3.50. The highest BCUT2D eigenvalue weighted by Gasteiger charge is 2.24. The number of carbonyl (C=O) groups excluding carboxylic acids is 2. The number of nitrogens with zero attached hydrogens (tertiary/aromatic N) is 2. The van der Waals surface area contributed by atoms with Crippen LogP contribution in [0.1, 0.15) is 46.8 Å². The number of carbonyl (C=O) groups is 2. The SMILES string of the molecule is Cc1nn(-c2ccccc2)c(C)c1C(=O)C(=O)NCCCO[C@H](C)c1ccccc1. The van der Waals surface area contributed by atoms with Crippen molar-refractivity contribution in [1.29, 1.82) is 0 Å². The molecule has 2 aromatic carbocycles. The summed E-state index contributed by atoms with van der Waals surface area (Å²) in [4.78, 5) is 25.1. The Hall–Kier alpha value is -3.25. The molecule has 30 heavy (non-hydrogen) atoms. The molecule has 3 aromatic rings. The minimum atomic E-state index is -0.620. The molecule has 6 heteroatoms. The molecule has 3 rings (SSSR count). The number of Topliss-reactive ketones (excluding diaryl/α,β-unsaturated/α-hetero) is 1. The van der Waals surface area contributed by atoms with Crippen LogP contribution in [0.3, 0.4) is 0 Å². The number of ketones is 1. The van der Waals surface area contributed by atoms with Gasteiger partial charge in [0.05, 0.1) is 28.7 Å². The Bertz CT molecular complexity index is 997. The molecular weight excluding hydrogens is 378 g/mol. The van der Waals surface area contributed by atoms with Crippen LogP contribution in [0.4, 0.5) is 0 Å². The molecule has 1 heterocycles. The zero-order valence-corrected chi connectivity index (χ0v) is 17.6. The maximum Gasteiger partial charge on any atom is 0.292 e. The first-order valence-electron chi connectivity index (χ1n) is 10.1. The van der Waals surface area contributed by atoms with E-state index in [1.165, 1.54) is 0 Å². The zero-order chi connectivity index (χ0) is 21.5. The van der Waals surface area contributed by atoms with Crippen LogP contribution in [0.2, 0.25) is 0 Å². The van der Waals surface area contributed by atoms with Crippen molar-refractivity contribution in [3.8, 4) is 5.69 Å². The van der Waals surface area contributed by atoms with Crippen LogP contribution in [0.15, 0.2) is 60.7 Å². The third kappa shape index (κ3) is 5.02. The van der Waals surface area contributed by atoms with Crippen LogP contribution in [-0.4, -0.2) is 34.6 Å². The van der Waals surface area contributed by atoms with E-state index < -0.39 is 11.7 Å². The fourth-order valence-corrected chi connectivity index (χ4v) is 3.34. The van der Waals surface area contributed by atoms with E-state index in [1.807, 2.05) is 67.6 Å². The molecule has 0 bridgehead atoms. The minimum Gasteiger partial charge on any atom is -0.374 e. The van der Waals surface area contributed by atoms with Crippen molar-refractivity contribution in [2.24, 2.45) is 0 Å². The molecule has 0 aliphatic carbocycles. The average Bonchev–Trinajstić information content (AvgIpc) is 3.07. The molecule has 0 aliphatic rings. The molecule has 0 spiro atoms. The van der Waals surface area contributed by atoms with Gasteiger partial charge in [0.1, 0.15) is 0 Å². The lowest BCUT2D eigenvalue weighted by atomic mass is 10.1. The maximum absolute atomic E-state index is 12.7. The number of benzene rings is 2. The summed E-state index contributed by atoms with van der Waals surface area (Å²) in [6.45, 7) is 6.40. The van der Waals surface area contributed by atoms with E-state index in [-0.39, 0.29) is 6.10 Å². The average molecular weight is 405 g/mol. The van der Waals surface area contributed by atoms with Crippen LogP contribution in [0.5, 0.6) is 0 Å². The summed E-state index contributed by atoms with van der Waals surface area (Å²) in [5, 5.41) is 7.13. The quantitative estimate of drug-likeness (QED) is 0.332. The summed E-state index contributed by atoms with van der Waals surface area (Å²) in [5.74, 6) is -1.18. The Morgan fingerprint density at radius 3 is 2.33 bits per heavy atom. The van der Waals surface area contributed by atoms with Crippen molar-refractivity contribution in [1.82, 2.24) is 15.1 Å². The van der Waals surface area contributed by atoms with Gasteiger partial charge >= 0.3 is 0 Å². The van der Waals surface area contributed by atoms with Gasteiger partial charge in [0.2, 0.25) is 0 Å². The van der Waals surface area contributed by atoms with Crippen molar-refractivity contribution < 1.29 is 14.3 Å². The number of aromatic nitrogens is 2. The fraction of sp³-hybridized carbons (Fsp3) is 0.292. The normalized spacial score (nSPS) is 11.8. The second-order valence-corrected chi connectivity index (χ2v) is 7.16. The molecule has 1 atom stereocenters. The summed E-state index contributed by atoms with van der Waals surface area (Å²) < 4.78 is 7.49. The maximum atomic E-state index is 12.7. The van der Waals surface area contributed by atoms with Gasteiger partial charge in [0.25, 0.3) is 11.7 Å². The van der Waals surface area contributed by atoms with Gasteiger partial charge in [-0.2, -0.15) is 5.10 Å². The lowest BCUT2D eigenvalue weighted by Gasteiger charge is -2.13. The Morgan fingerprint density at radius 1 is 1.03 bits per heavy atom. The number of hydrogen-bond donors (Lipinski definition) is 1. The van der Waals surface area contributed by atoms with Crippen molar-refractivity contribution in [3.63, 3.8) is 0 Å². The van der Waals surface area contributed by atoms with Crippen LogP contribution in [0.25, 0.3) is 5.69 Å². The van der Waals surface area contributed by atoms with E-state index >= 15 is 0 Å². The molecule has 156 valence electrons. The summed E-state index contributed by atoms with van der Waals surface area (Å²) in [6.07, 6.45) is 0.606. The van der Waals surface area contributed by atoms with Gasteiger partial charge in [-0.15, -0.1) is 0 Å². The van der Waals surface area contributed by atoms with E-state index in [0.29, 0.717) is 36.5 Å². The van der Waals surface area contributed by atoms with Gasteiger partial charge in [-0.05, 0) is 44.9 Å². The van der Waals surface area contributed by atoms with Crippen LogP contribution in [-0.2, 0) is 9.53 Å². The lowest BCUT2D eigenvalue weighted by molar-refractivity contribution is -0.117. The highest BCUT2D eigenvalue weighted by molar-refractivity contribution is 6.43. The van der Waals surface area contributed by atoms with Gasteiger partial charge in [0.15, 0.2) is 0 Å². The number of aryl methyl sites for hydroxylation is 1. The number of ether oxygens (including phenoxy) is 1. The Morgan fingerprint density at radius 2 is 1.67 bits per heavy atom. The Labute approximate surface area is 176 Å². The van der Waals surface area contributed by atoms with Crippen molar-refractivity contribution in [2.45, 2.75) is 33.3 Å². The Balaban J connectivity index is 1.52. The van der Waals surface area contributed by atoms with Crippen molar-refractivity contribution in [2.75, 3.05) is 13.2 Å². The van der Waals surface area contributed by atoms with Crippen LogP contribution < -0.4 is 5.32 Å². The van der Waals surface area contributed by atoms with Crippen molar-refractivity contribution in [3.05, 3.63) is 83.2 Å². The highest BCUT2D eigenvalue weighted by Crippen LogP contribution is 2.18. The number of hydrogen-bond acceptors (Lipinski definition) is 4. The molecule has 0 aliphatic heterocycles. The van der Waals surface area contributed by atoms with Gasteiger partial charge in [-0.25, -0.2) is 4.68 Å². The van der Waals surface area contributed by atoms with Gasteiger partial charge in [-0.3, -0.25) is 9.59 Å². The van der Waals surface area contributed by atoms with Crippen LogP contribution >= 0.6 is 0 Å². The van der Waals surface area contributed by atoms with Crippen molar-refractivity contribution >= 4 is 11.7 Å². The minimum absolute atomic E-state index is 0.0161. The standard InChI is InChI=1S/C24H27N3O3/c1-17-22(18(2)27(26-17)21-13-8-5-9-14-21)23(28)24(29)25-15-10-16-30-19(3)20-11-6-4-7-12-20/h4-9,11-14,19H,10,15-16H2,1-3H3,(H,25,29)/t19-/m1/s1. The predicted octanol–water partition coefficient (Wildman–Crippen LogP) is 3.96. The number of rotatable bonds is 9. The largest absolute Gasteiger partial charge is 0.374 e. The highest BCUT2D eigenvalue weighted by atomic mass is 16.5. The molecular formula is C24H27N3O3. The van der Waals surface area contributed by atoms with E-state index in [0.717, 1.165) is 11.3 Å². The van der Waals surface area contributed by atoms with E-state index in [9.17, 15) is 9.59 Å². The molecule has 0 fully saturated rings. The molecule has 1 N–H and O–H groups in total. The van der Waals surface area contributed by atoms with Crippen LogP contribution in [0, 0.1) is 13.8 Å². The molecule has 0 unspecified atom stereocenters. The first kappa shape index (κ1) is 21.5. The summed E-state index contributed by atoms with van der Waals surface area (Å²) in [6, 6.07) is 19.5. The summed E-state index contributed by atoms with van der Waals surface area (Å²) in [7, 11) is 0. The first-order chi connectivity index (χ1) is 14.5. The summed E-state index contributed by atoms with van der Waals surface area (Å²) >= 11 is 0. The molecule has 6 nitrogen and oxygen atoms in total. The molecule has 1 aromatic heterocycles. The molecule has 0 saturated heterocycles. The number of amides is 1. The van der Waals surface area contributed by atoms with E-state index in [1.54, 1.807) is 18.5 Å². The molecule has 0 saturated carbocycles. The van der Waals surface area contributed by atoms with Gasteiger partial charge in [0, 0.05) is 13.2 Å². The fourth-order valence-electron chi connectivity index (χ4n) is 3.34. The molecule has 1 amide bonds. The predicted molar refractivity (Wildman–Crippen MR) is 116 cm³/mol. The van der Waals surface area contributed by atoms with E-state index in [4.69, 9.17) is 4.74 Å².